The van der Waals surface area contributed by atoms with E-state index in [4.69, 9.17) is 5.11 Å². The number of hydrogen-bond donors (Lipinski definition) is 1. The van der Waals surface area contributed by atoms with Crippen LogP contribution >= 0.6 is 0 Å². The second-order valence-corrected chi connectivity index (χ2v) is 5.71. The van der Waals surface area contributed by atoms with E-state index in [1.165, 1.54) is 25.7 Å². The smallest absolute Gasteiger partial charge is 0.303 e. The normalized spacial score (nSPS) is 11.1. The van der Waals surface area contributed by atoms with Crippen molar-refractivity contribution in [3.05, 3.63) is 12.2 Å². The van der Waals surface area contributed by atoms with Crippen molar-refractivity contribution in [1.82, 2.24) is 0 Å². The zero-order chi connectivity index (χ0) is 15.8. The molecule has 0 amide bonds. The van der Waals surface area contributed by atoms with Gasteiger partial charge in [0.25, 0.3) is 0 Å². The van der Waals surface area contributed by atoms with Crippen LogP contribution in [0.5, 0.6) is 0 Å². The van der Waals surface area contributed by atoms with E-state index in [0.717, 1.165) is 32.1 Å². The van der Waals surface area contributed by atoms with Gasteiger partial charge in [0.1, 0.15) is 5.78 Å². The van der Waals surface area contributed by atoms with Crippen molar-refractivity contribution in [3.8, 4) is 0 Å². The van der Waals surface area contributed by atoms with Crippen LogP contribution in [0.4, 0.5) is 0 Å². The summed E-state index contributed by atoms with van der Waals surface area (Å²) in [6, 6.07) is 0. The number of carboxylic acids is 1. The molecule has 0 saturated heterocycles. The van der Waals surface area contributed by atoms with Crippen LogP contribution < -0.4 is 0 Å². The lowest BCUT2D eigenvalue weighted by molar-refractivity contribution is -0.137. The van der Waals surface area contributed by atoms with Crippen molar-refractivity contribution in [2.24, 2.45) is 0 Å². The molecular weight excluding hydrogens is 264 g/mol. The first kappa shape index (κ1) is 19.9. The highest BCUT2D eigenvalue weighted by Crippen LogP contribution is 2.08. The SMILES string of the molecule is CCCCCCC=CCCCC(=O)CCCCCC(=O)O. The van der Waals surface area contributed by atoms with E-state index in [-0.39, 0.29) is 6.42 Å². The fraction of sp³-hybridized carbons (Fsp3) is 0.778. The van der Waals surface area contributed by atoms with E-state index in [1.807, 2.05) is 0 Å². The molecule has 0 aromatic heterocycles. The molecule has 0 aliphatic rings. The standard InChI is InChI=1S/C18H32O3/c1-2-3-4-5-6-7-8-9-11-14-17(19)15-12-10-13-16-18(20)21/h7-8H,2-6,9-16H2,1H3,(H,20,21). The van der Waals surface area contributed by atoms with Crippen LogP contribution in [0.25, 0.3) is 0 Å². The van der Waals surface area contributed by atoms with Crippen molar-refractivity contribution in [3.63, 3.8) is 0 Å². The highest BCUT2D eigenvalue weighted by atomic mass is 16.4. The number of hydrogen-bond acceptors (Lipinski definition) is 2. The quantitative estimate of drug-likeness (QED) is 0.330. The zero-order valence-electron chi connectivity index (χ0n) is 13.6. The van der Waals surface area contributed by atoms with Gasteiger partial charge in [-0.05, 0) is 38.5 Å². The molecule has 0 unspecified atom stereocenters. The Bertz CT molecular complexity index is 295. The molecule has 0 fully saturated rings. The van der Waals surface area contributed by atoms with Crippen LogP contribution in [0.15, 0.2) is 12.2 Å². The molecule has 0 heterocycles. The lowest BCUT2D eigenvalue weighted by Crippen LogP contribution is -1.98. The van der Waals surface area contributed by atoms with Crippen molar-refractivity contribution in [2.45, 2.75) is 90.4 Å². The molecule has 0 aliphatic carbocycles. The minimum atomic E-state index is -0.747. The second-order valence-electron chi connectivity index (χ2n) is 5.71. The highest BCUT2D eigenvalue weighted by Gasteiger charge is 2.02. The monoisotopic (exact) mass is 296 g/mol. The van der Waals surface area contributed by atoms with Crippen LogP contribution in [0, 0.1) is 0 Å². The summed E-state index contributed by atoms with van der Waals surface area (Å²) in [6.45, 7) is 2.22. The molecule has 0 atom stereocenters. The maximum Gasteiger partial charge on any atom is 0.303 e. The van der Waals surface area contributed by atoms with Gasteiger partial charge in [0.15, 0.2) is 0 Å². The third-order valence-electron chi connectivity index (χ3n) is 3.56. The van der Waals surface area contributed by atoms with Gasteiger partial charge in [0.05, 0.1) is 0 Å². The molecule has 3 nitrogen and oxygen atoms in total. The Morgan fingerprint density at radius 2 is 1.33 bits per heavy atom. The Labute approximate surface area is 129 Å². The largest absolute Gasteiger partial charge is 0.481 e. The first-order valence-corrected chi connectivity index (χ1v) is 8.55. The van der Waals surface area contributed by atoms with Crippen LogP contribution in [0.2, 0.25) is 0 Å². The fourth-order valence-electron chi connectivity index (χ4n) is 2.24. The maximum atomic E-state index is 11.6. The average Bonchev–Trinajstić information content (AvgIpc) is 2.45. The van der Waals surface area contributed by atoms with E-state index >= 15 is 0 Å². The van der Waals surface area contributed by atoms with Gasteiger partial charge in [-0.15, -0.1) is 0 Å². The van der Waals surface area contributed by atoms with Crippen LogP contribution in [-0.2, 0) is 9.59 Å². The number of rotatable bonds is 15. The third-order valence-corrected chi connectivity index (χ3v) is 3.56. The maximum absolute atomic E-state index is 11.6. The van der Waals surface area contributed by atoms with Gasteiger partial charge in [-0.2, -0.15) is 0 Å². The molecule has 21 heavy (non-hydrogen) atoms. The summed E-state index contributed by atoms with van der Waals surface area (Å²) < 4.78 is 0. The Hall–Kier alpha value is -1.12. The highest BCUT2D eigenvalue weighted by molar-refractivity contribution is 5.78. The number of Topliss-reactive ketones (excluding diaryl/α,β-unsaturated/α-hetero) is 1. The molecule has 0 spiro atoms. The Kier molecular flexibility index (Phi) is 14.5. The lowest BCUT2D eigenvalue weighted by Gasteiger charge is -2.00. The summed E-state index contributed by atoms with van der Waals surface area (Å²) in [4.78, 5) is 21.9. The van der Waals surface area contributed by atoms with Crippen LogP contribution in [-0.4, -0.2) is 16.9 Å². The fourth-order valence-corrected chi connectivity index (χ4v) is 2.24. The van der Waals surface area contributed by atoms with E-state index in [2.05, 4.69) is 19.1 Å². The van der Waals surface area contributed by atoms with E-state index in [1.54, 1.807) is 0 Å². The first-order valence-electron chi connectivity index (χ1n) is 8.55. The van der Waals surface area contributed by atoms with Crippen LogP contribution in [0.3, 0.4) is 0 Å². The molecule has 0 saturated carbocycles. The molecule has 0 aromatic rings. The number of unbranched alkanes of at least 4 members (excludes halogenated alkanes) is 7. The summed E-state index contributed by atoms with van der Waals surface area (Å²) in [5.74, 6) is -0.426. The van der Waals surface area contributed by atoms with Crippen molar-refractivity contribution >= 4 is 11.8 Å². The van der Waals surface area contributed by atoms with Gasteiger partial charge in [0.2, 0.25) is 0 Å². The average molecular weight is 296 g/mol. The zero-order valence-corrected chi connectivity index (χ0v) is 13.6. The number of ketones is 1. The Morgan fingerprint density at radius 3 is 2.00 bits per heavy atom. The molecule has 0 bridgehead atoms. The van der Waals surface area contributed by atoms with Crippen molar-refractivity contribution in [1.29, 1.82) is 0 Å². The van der Waals surface area contributed by atoms with E-state index < -0.39 is 5.97 Å². The minimum Gasteiger partial charge on any atom is -0.481 e. The topological polar surface area (TPSA) is 54.4 Å². The van der Waals surface area contributed by atoms with Crippen molar-refractivity contribution < 1.29 is 14.7 Å². The van der Waals surface area contributed by atoms with Gasteiger partial charge >= 0.3 is 5.97 Å². The summed E-state index contributed by atoms with van der Waals surface area (Å²) in [7, 11) is 0. The summed E-state index contributed by atoms with van der Waals surface area (Å²) in [6.07, 6.45) is 16.6. The molecule has 0 radical (unpaired) electrons. The van der Waals surface area contributed by atoms with Gasteiger partial charge < -0.3 is 5.11 Å². The van der Waals surface area contributed by atoms with Crippen molar-refractivity contribution in [2.75, 3.05) is 0 Å². The van der Waals surface area contributed by atoms with Gasteiger partial charge in [0, 0.05) is 19.3 Å². The van der Waals surface area contributed by atoms with Gasteiger partial charge in [-0.3, -0.25) is 9.59 Å². The predicted molar refractivity (Wildman–Crippen MR) is 87.5 cm³/mol. The molecule has 3 heteroatoms. The Balaban J connectivity index is 3.29. The lowest BCUT2D eigenvalue weighted by atomic mass is 10.1. The number of carbonyl (C=O) groups excluding carboxylic acids is 1. The molecule has 0 aromatic carbocycles. The second kappa shape index (κ2) is 15.3. The predicted octanol–water partition coefficient (Wildman–Crippen LogP) is 5.29. The van der Waals surface area contributed by atoms with E-state index in [9.17, 15) is 9.59 Å². The molecule has 122 valence electrons. The number of aliphatic carboxylic acids is 1. The van der Waals surface area contributed by atoms with E-state index in [0.29, 0.717) is 25.0 Å². The molecular formula is C18H32O3. The molecule has 1 N–H and O–H groups in total. The summed E-state index contributed by atoms with van der Waals surface area (Å²) in [5.41, 5.74) is 0. The minimum absolute atomic E-state index is 0.219. The van der Waals surface area contributed by atoms with Crippen LogP contribution in [0.1, 0.15) is 90.4 Å². The summed E-state index contributed by atoms with van der Waals surface area (Å²) in [5, 5.41) is 8.50. The third kappa shape index (κ3) is 16.8. The van der Waals surface area contributed by atoms with Gasteiger partial charge in [-0.25, -0.2) is 0 Å². The van der Waals surface area contributed by atoms with Gasteiger partial charge in [-0.1, -0.05) is 44.8 Å². The number of carbonyl (C=O) groups is 2. The number of carboxylic acid groups (broad SMARTS) is 1. The summed E-state index contributed by atoms with van der Waals surface area (Å²) >= 11 is 0. The Morgan fingerprint density at radius 1 is 0.762 bits per heavy atom. The number of allylic oxidation sites excluding steroid dienone is 2. The first-order chi connectivity index (χ1) is 10.2. The molecule has 0 aliphatic heterocycles. The molecule has 0 rings (SSSR count).